The van der Waals surface area contributed by atoms with Crippen molar-refractivity contribution >= 4 is 0 Å². The third kappa shape index (κ3) is 6.35. The summed E-state index contributed by atoms with van der Waals surface area (Å²) in [6.45, 7) is 3.66. The smallest absolute Gasteiger partial charge is 0.183 e. The van der Waals surface area contributed by atoms with Gasteiger partial charge in [-0.05, 0) is 18.1 Å². The van der Waals surface area contributed by atoms with Crippen LogP contribution in [0.4, 0.5) is 8.78 Å². The topological polar surface area (TPSA) is 18.5 Å². The molecule has 158 valence electrons. The predicted octanol–water partition coefficient (Wildman–Crippen LogP) is 7.43. The van der Waals surface area contributed by atoms with Crippen LogP contribution in [0.15, 0.2) is 42.5 Å². The van der Waals surface area contributed by atoms with E-state index in [0.29, 0.717) is 24.7 Å². The minimum atomic E-state index is -0.836. The van der Waals surface area contributed by atoms with Gasteiger partial charge in [0.1, 0.15) is 0 Å². The molecule has 2 aromatic rings. The van der Waals surface area contributed by atoms with E-state index in [0.717, 1.165) is 18.1 Å². The maximum absolute atomic E-state index is 14.0. The van der Waals surface area contributed by atoms with Crippen LogP contribution in [0.1, 0.15) is 70.1 Å². The molecule has 1 aliphatic heterocycles. The van der Waals surface area contributed by atoms with E-state index in [1.165, 1.54) is 51.0 Å². The minimum absolute atomic E-state index is 0.261. The highest BCUT2D eigenvalue weighted by atomic mass is 19.2. The van der Waals surface area contributed by atoms with E-state index in [1.54, 1.807) is 18.2 Å². The van der Waals surface area contributed by atoms with Crippen LogP contribution >= 0.6 is 0 Å². The van der Waals surface area contributed by atoms with E-state index in [2.05, 4.69) is 6.92 Å². The Morgan fingerprint density at radius 2 is 1.48 bits per heavy atom. The van der Waals surface area contributed by atoms with E-state index in [1.807, 2.05) is 12.1 Å². The average molecular weight is 403 g/mol. The Morgan fingerprint density at radius 1 is 0.828 bits per heavy atom. The molecule has 2 nitrogen and oxygen atoms in total. The molecule has 0 amide bonds. The van der Waals surface area contributed by atoms with Crippen LogP contribution in [0, 0.1) is 17.6 Å². The molecular weight excluding hydrogens is 370 g/mol. The van der Waals surface area contributed by atoms with E-state index in [4.69, 9.17) is 9.47 Å². The lowest BCUT2D eigenvalue weighted by Gasteiger charge is -2.29. The molecule has 2 aromatic carbocycles. The van der Waals surface area contributed by atoms with Gasteiger partial charge in [-0.1, -0.05) is 88.3 Å². The Morgan fingerprint density at radius 3 is 2.17 bits per heavy atom. The van der Waals surface area contributed by atoms with E-state index in [9.17, 15) is 8.78 Å². The fourth-order valence-electron chi connectivity index (χ4n) is 3.84. The second-order valence-corrected chi connectivity index (χ2v) is 8.00. The number of halogens is 2. The van der Waals surface area contributed by atoms with Crippen LogP contribution in [0.5, 0.6) is 0 Å². The second-order valence-electron chi connectivity index (χ2n) is 8.00. The van der Waals surface area contributed by atoms with Crippen LogP contribution in [0.3, 0.4) is 0 Å². The summed E-state index contributed by atoms with van der Waals surface area (Å²) < 4.78 is 39.2. The zero-order valence-electron chi connectivity index (χ0n) is 17.3. The lowest BCUT2D eigenvalue weighted by atomic mass is 10.00. The number of rotatable bonds is 10. The van der Waals surface area contributed by atoms with Crippen molar-refractivity contribution in [3.63, 3.8) is 0 Å². The molecule has 1 aliphatic rings. The van der Waals surface area contributed by atoms with Gasteiger partial charge in [-0.3, -0.25) is 0 Å². The molecule has 0 atom stereocenters. The van der Waals surface area contributed by atoms with Crippen LogP contribution in [-0.4, -0.2) is 13.2 Å². The van der Waals surface area contributed by atoms with Gasteiger partial charge in [0, 0.05) is 17.0 Å². The first-order valence-electron chi connectivity index (χ1n) is 11.0. The number of unbranched alkanes of at least 4 members (excludes halogenated alkanes) is 6. The van der Waals surface area contributed by atoms with Crippen molar-refractivity contribution in [2.45, 2.75) is 64.6 Å². The van der Waals surface area contributed by atoms with Gasteiger partial charge in [-0.25, -0.2) is 8.78 Å². The average Bonchev–Trinajstić information content (AvgIpc) is 2.76. The quantitative estimate of drug-likeness (QED) is 0.385. The van der Waals surface area contributed by atoms with Crippen molar-refractivity contribution in [2.24, 2.45) is 5.92 Å². The van der Waals surface area contributed by atoms with Gasteiger partial charge in [-0.15, -0.1) is 0 Å². The first-order chi connectivity index (χ1) is 14.2. The molecule has 0 saturated carbocycles. The molecule has 1 heterocycles. The Kier molecular flexibility index (Phi) is 8.63. The molecule has 0 spiro atoms. The zero-order valence-corrected chi connectivity index (χ0v) is 17.3. The number of hydrogen-bond donors (Lipinski definition) is 0. The highest BCUT2D eigenvalue weighted by Crippen LogP contribution is 2.30. The standard InChI is InChI=1S/C25H32F2O2/c1-2-3-4-5-6-7-8-10-19-17-28-25(29-18-19)21-15-13-20(14-16-21)22-11-9-12-23(26)24(22)27/h9,11-16,19,25H,2-8,10,17-18H2,1H3. The first-order valence-corrected chi connectivity index (χ1v) is 11.0. The molecule has 0 bridgehead atoms. The Bertz CT molecular complexity index is 737. The van der Waals surface area contributed by atoms with Gasteiger partial charge in [-0.2, -0.15) is 0 Å². The molecular formula is C25H32F2O2. The molecule has 4 heteroatoms. The van der Waals surface area contributed by atoms with Crippen LogP contribution in [-0.2, 0) is 9.47 Å². The molecule has 0 N–H and O–H groups in total. The summed E-state index contributed by atoms with van der Waals surface area (Å²) in [5.74, 6) is -1.20. The summed E-state index contributed by atoms with van der Waals surface area (Å²) in [6.07, 6.45) is 9.98. The summed E-state index contributed by atoms with van der Waals surface area (Å²) in [6, 6.07) is 11.5. The molecule has 3 rings (SSSR count). The predicted molar refractivity (Wildman–Crippen MR) is 113 cm³/mol. The lowest BCUT2D eigenvalue weighted by molar-refractivity contribution is -0.206. The third-order valence-electron chi connectivity index (χ3n) is 5.63. The van der Waals surface area contributed by atoms with Crippen molar-refractivity contribution in [3.8, 4) is 11.1 Å². The summed E-state index contributed by atoms with van der Waals surface area (Å²) in [7, 11) is 0. The maximum Gasteiger partial charge on any atom is 0.183 e. The summed E-state index contributed by atoms with van der Waals surface area (Å²) in [5, 5.41) is 0. The fourth-order valence-corrected chi connectivity index (χ4v) is 3.84. The minimum Gasteiger partial charge on any atom is -0.348 e. The van der Waals surface area contributed by atoms with Crippen molar-refractivity contribution < 1.29 is 18.3 Å². The van der Waals surface area contributed by atoms with Crippen LogP contribution < -0.4 is 0 Å². The number of hydrogen-bond acceptors (Lipinski definition) is 2. The van der Waals surface area contributed by atoms with Crippen molar-refractivity contribution in [3.05, 3.63) is 59.7 Å². The van der Waals surface area contributed by atoms with Gasteiger partial charge in [0.15, 0.2) is 17.9 Å². The molecule has 1 fully saturated rings. The van der Waals surface area contributed by atoms with Gasteiger partial charge in [0.05, 0.1) is 13.2 Å². The Balaban J connectivity index is 1.42. The molecule has 0 radical (unpaired) electrons. The summed E-state index contributed by atoms with van der Waals surface area (Å²) in [5.41, 5.74) is 1.80. The van der Waals surface area contributed by atoms with Gasteiger partial charge >= 0.3 is 0 Å². The largest absolute Gasteiger partial charge is 0.348 e. The maximum atomic E-state index is 14.0. The summed E-state index contributed by atoms with van der Waals surface area (Å²) in [4.78, 5) is 0. The van der Waals surface area contributed by atoms with Gasteiger partial charge < -0.3 is 9.47 Å². The van der Waals surface area contributed by atoms with Crippen LogP contribution in [0.2, 0.25) is 0 Å². The zero-order chi connectivity index (χ0) is 20.5. The molecule has 0 aliphatic carbocycles. The highest BCUT2D eigenvalue weighted by molar-refractivity contribution is 5.64. The molecule has 0 unspecified atom stereocenters. The third-order valence-corrected chi connectivity index (χ3v) is 5.63. The SMILES string of the molecule is CCCCCCCCCC1COC(c2ccc(-c3cccc(F)c3F)cc2)OC1. The van der Waals surface area contributed by atoms with E-state index >= 15 is 0 Å². The lowest BCUT2D eigenvalue weighted by Crippen LogP contribution is -2.27. The van der Waals surface area contributed by atoms with E-state index in [-0.39, 0.29) is 11.9 Å². The molecule has 1 saturated heterocycles. The van der Waals surface area contributed by atoms with Gasteiger partial charge in [0.2, 0.25) is 0 Å². The fraction of sp³-hybridized carbons (Fsp3) is 0.520. The second kappa shape index (κ2) is 11.4. The monoisotopic (exact) mass is 402 g/mol. The number of ether oxygens (including phenoxy) is 2. The molecule has 29 heavy (non-hydrogen) atoms. The Hall–Kier alpha value is -1.78. The van der Waals surface area contributed by atoms with E-state index < -0.39 is 11.6 Å². The summed E-state index contributed by atoms with van der Waals surface area (Å²) >= 11 is 0. The van der Waals surface area contributed by atoms with Crippen molar-refractivity contribution in [1.29, 1.82) is 0 Å². The van der Waals surface area contributed by atoms with Crippen molar-refractivity contribution in [1.82, 2.24) is 0 Å². The van der Waals surface area contributed by atoms with Crippen molar-refractivity contribution in [2.75, 3.05) is 13.2 Å². The van der Waals surface area contributed by atoms with Crippen LogP contribution in [0.25, 0.3) is 11.1 Å². The Labute approximate surface area is 173 Å². The van der Waals surface area contributed by atoms with Gasteiger partial charge in [0.25, 0.3) is 0 Å². The number of benzene rings is 2. The first kappa shape index (κ1) is 21.9. The highest BCUT2D eigenvalue weighted by Gasteiger charge is 2.23. The molecule has 0 aromatic heterocycles. The normalized spacial score (nSPS) is 19.4.